The van der Waals surface area contributed by atoms with Crippen molar-refractivity contribution < 1.29 is 9.90 Å². The molecule has 0 amide bonds. The van der Waals surface area contributed by atoms with Crippen molar-refractivity contribution in [1.82, 2.24) is 9.55 Å². The van der Waals surface area contributed by atoms with Crippen molar-refractivity contribution in [2.24, 2.45) is 0 Å². The van der Waals surface area contributed by atoms with E-state index in [0.717, 1.165) is 13.3 Å². The summed E-state index contributed by atoms with van der Waals surface area (Å²) in [6, 6.07) is 0. The van der Waals surface area contributed by atoms with Gasteiger partial charge >= 0.3 is 0 Å². The van der Waals surface area contributed by atoms with E-state index in [9.17, 15) is 0 Å². The molecular weight excluding hydrogens is 360 g/mol. The first-order valence-electron chi connectivity index (χ1n) is 12.3. The fourth-order valence-electron chi connectivity index (χ4n) is 3.60. The Balaban J connectivity index is 0.00000178. The standard InChI is InChI=1S/C23H44N2.C2H4O2/c1-3-5-7-9-11-12-13-14-16-18-21-25-22-20-24-23(25)19-17-15-10-8-6-4-2;1-2(3)4/h20,22H,3-19,21H2,1-2H3;1H3,(H,3,4). The Morgan fingerprint density at radius 3 is 1.69 bits per heavy atom. The van der Waals surface area contributed by atoms with Gasteiger partial charge < -0.3 is 9.67 Å². The Hall–Kier alpha value is -1.32. The predicted octanol–water partition coefficient (Wildman–Crippen LogP) is 7.80. The van der Waals surface area contributed by atoms with Gasteiger partial charge in [0.2, 0.25) is 0 Å². The van der Waals surface area contributed by atoms with Crippen LogP contribution in [0.15, 0.2) is 12.4 Å². The summed E-state index contributed by atoms with van der Waals surface area (Å²) in [5, 5.41) is 7.42. The third kappa shape index (κ3) is 19.8. The van der Waals surface area contributed by atoms with E-state index in [4.69, 9.17) is 9.90 Å². The highest BCUT2D eigenvalue weighted by molar-refractivity contribution is 5.62. The van der Waals surface area contributed by atoms with Gasteiger partial charge in [0.15, 0.2) is 0 Å². The first kappa shape index (κ1) is 27.7. The summed E-state index contributed by atoms with van der Waals surface area (Å²) in [7, 11) is 0. The van der Waals surface area contributed by atoms with Crippen molar-refractivity contribution in [2.45, 2.75) is 136 Å². The van der Waals surface area contributed by atoms with Crippen LogP contribution in [0.4, 0.5) is 0 Å². The Morgan fingerprint density at radius 2 is 1.21 bits per heavy atom. The van der Waals surface area contributed by atoms with Crippen molar-refractivity contribution in [1.29, 1.82) is 0 Å². The molecule has 4 heteroatoms. The van der Waals surface area contributed by atoms with E-state index >= 15 is 0 Å². The third-order valence-electron chi connectivity index (χ3n) is 5.31. The molecule has 0 aromatic carbocycles. The lowest BCUT2D eigenvalue weighted by atomic mass is 10.1. The number of carboxylic acids is 1. The molecule has 0 fully saturated rings. The zero-order chi connectivity index (χ0) is 21.6. The molecule has 0 saturated carbocycles. The number of rotatable bonds is 18. The van der Waals surface area contributed by atoms with E-state index in [0.29, 0.717) is 0 Å². The molecule has 0 radical (unpaired) electrons. The van der Waals surface area contributed by atoms with E-state index in [-0.39, 0.29) is 0 Å². The number of aryl methyl sites for hydroxylation is 2. The van der Waals surface area contributed by atoms with Gasteiger partial charge in [0.25, 0.3) is 5.97 Å². The number of imidazole rings is 1. The van der Waals surface area contributed by atoms with Crippen LogP contribution in [0, 0.1) is 0 Å². The highest BCUT2D eigenvalue weighted by Crippen LogP contribution is 2.13. The second-order valence-electron chi connectivity index (χ2n) is 8.26. The molecule has 4 nitrogen and oxygen atoms in total. The summed E-state index contributed by atoms with van der Waals surface area (Å²) in [5.41, 5.74) is 0. The molecule has 0 aliphatic heterocycles. The van der Waals surface area contributed by atoms with E-state index < -0.39 is 5.97 Å². The summed E-state index contributed by atoms with van der Waals surface area (Å²) in [5.74, 6) is 0.478. The van der Waals surface area contributed by atoms with Crippen molar-refractivity contribution in [2.75, 3.05) is 0 Å². The second-order valence-corrected chi connectivity index (χ2v) is 8.26. The van der Waals surface area contributed by atoms with Crippen LogP contribution in [0.1, 0.15) is 129 Å². The Kier molecular flexibility index (Phi) is 20.4. The molecule has 0 aliphatic carbocycles. The smallest absolute Gasteiger partial charge is 0.300 e. The van der Waals surface area contributed by atoms with Crippen LogP contribution in [0.3, 0.4) is 0 Å². The second kappa shape index (κ2) is 21.4. The molecule has 1 aromatic heterocycles. The van der Waals surface area contributed by atoms with Crippen LogP contribution >= 0.6 is 0 Å². The van der Waals surface area contributed by atoms with Gasteiger partial charge in [0.05, 0.1) is 0 Å². The first-order chi connectivity index (χ1) is 14.1. The topological polar surface area (TPSA) is 55.1 Å². The lowest BCUT2D eigenvalue weighted by Gasteiger charge is -2.08. The molecule has 0 saturated heterocycles. The number of carbonyl (C=O) groups is 1. The molecule has 0 spiro atoms. The van der Waals surface area contributed by atoms with Crippen LogP contribution in [0.2, 0.25) is 0 Å². The molecule has 0 unspecified atom stereocenters. The van der Waals surface area contributed by atoms with Crippen molar-refractivity contribution in [3.05, 3.63) is 18.2 Å². The molecule has 1 aromatic rings. The highest BCUT2D eigenvalue weighted by Gasteiger charge is 2.02. The van der Waals surface area contributed by atoms with Gasteiger partial charge in [-0.05, 0) is 12.8 Å². The highest BCUT2D eigenvalue weighted by atomic mass is 16.4. The summed E-state index contributed by atoms with van der Waals surface area (Å²) in [6.45, 7) is 6.82. The van der Waals surface area contributed by atoms with E-state index in [1.165, 1.54) is 115 Å². The van der Waals surface area contributed by atoms with Gasteiger partial charge in [-0.15, -0.1) is 0 Å². The Labute approximate surface area is 180 Å². The van der Waals surface area contributed by atoms with Crippen LogP contribution in [-0.2, 0) is 17.8 Å². The van der Waals surface area contributed by atoms with Crippen LogP contribution in [-0.4, -0.2) is 20.6 Å². The van der Waals surface area contributed by atoms with Gasteiger partial charge in [0, 0.05) is 32.3 Å². The van der Waals surface area contributed by atoms with Crippen molar-refractivity contribution in [3.8, 4) is 0 Å². The monoisotopic (exact) mass is 408 g/mol. The fraction of sp³-hybridized carbons (Fsp3) is 0.840. The van der Waals surface area contributed by atoms with Crippen molar-refractivity contribution >= 4 is 5.97 Å². The SMILES string of the molecule is CC(=O)O.CCCCCCCCCCCCn1ccnc1CCCCCCCC. The largest absolute Gasteiger partial charge is 0.481 e. The predicted molar refractivity (Wildman–Crippen MR) is 124 cm³/mol. The number of hydrogen-bond donors (Lipinski definition) is 1. The fourth-order valence-corrected chi connectivity index (χ4v) is 3.60. The minimum absolute atomic E-state index is 0.833. The average Bonchev–Trinajstić information content (AvgIpc) is 3.13. The van der Waals surface area contributed by atoms with Gasteiger partial charge in [0.1, 0.15) is 5.82 Å². The summed E-state index contributed by atoms with van der Waals surface area (Å²) in [6.07, 6.45) is 27.6. The minimum atomic E-state index is -0.833. The minimum Gasteiger partial charge on any atom is -0.481 e. The van der Waals surface area contributed by atoms with Crippen LogP contribution < -0.4 is 0 Å². The van der Waals surface area contributed by atoms with E-state index in [1.54, 1.807) is 0 Å². The zero-order valence-electron chi connectivity index (χ0n) is 19.6. The number of aliphatic carboxylic acids is 1. The van der Waals surface area contributed by atoms with Gasteiger partial charge in [-0.2, -0.15) is 0 Å². The lowest BCUT2D eigenvalue weighted by Crippen LogP contribution is -2.03. The molecule has 0 aliphatic rings. The number of hydrogen-bond acceptors (Lipinski definition) is 2. The summed E-state index contributed by atoms with van der Waals surface area (Å²) in [4.78, 5) is 13.6. The average molecular weight is 409 g/mol. The molecule has 1 N–H and O–H groups in total. The van der Waals surface area contributed by atoms with Gasteiger partial charge in [-0.1, -0.05) is 104 Å². The van der Waals surface area contributed by atoms with Gasteiger partial charge in [-0.25, -0.2) is 4.98 Å². The molecule has 29 heavy (non-hydrogen) atoms. The Morgan fingerprint density at radius 1 is 0.793 bits per heavy atom. The third-order valence-corrected chi connectivity index (χ3v) is 5.31. The first-order valence-corrected chi connectivity index (χ1v) is 12.3. The van der Waals surface area contributed by atoms with E-state index in [1.807, 2.05) is 6.20 Å². The summed E-state index contributed by atoms with van der Waals surface area (Å²) < 4.78 is 2.40. The number of aromatic nitrogens is 2. The number of carboxylic acid groups (broad SMARTS) is 1. The molecule has 1 heterocycles. The Bertz CT molecular complexity index is 467. The molecule has 0 bridgehead atoms. The van der Waals surface area contributed by atoms with Crippen molar-refractivity contribution in [3.63, 3.8) is 0 Å². The quantitative estimate of drug-likeness (QED) is 0.252. The molecule has 0 atom stereocenters. The normalized spacial score (nSPS) is 10.6. The molecular formula is C25H48N2O2. The van der Waals surface area contributed by atoms with Crippen LogP contribution in [0.5, 0.6) is 0 Å². The maximum Gasteiger partial charge on any atom is 0.300 e. The lowest BCUT2D eigenvalue weighted by molar-refractivity contribution is -0.134. The van der Waals surface area contributed by atoms with Gasteiger partial charge in [-0.3, -0.25) is 4.79 Å². The maximum absolute atomic E-state index is 9.00. The molecule has 170 valence electrons. The van der Waals surface area contributed by atoms with Crippen LogP contribution in [0.25, 0.3) is 0 Å². The zero-order valence-corrected chi connectivity index (χ0v) is 19.6. The molecule has 1 rings (SSSR count). The summed E-state index contributed by atoms with van der Waals surface area (Å²) >= 11 is 0. The van der Waals surface area contributed by atoms with E-state index in [2.05, 4.69) is 29.6 Å². The maximum atomic E-state index is 9.00. The number of nitrogens with zero attached hydrogens (tertiary/aromatic N) is 2. The number of unbranched alkanes of at least 4 members (excludes halogenated alkanes) is 14.